The van der Waals surface area contributed by atoms with Crippen LogP contribution in [0.1, 0.15) is 22.8 Å². The molecular formula is C17H13F2NO3. The van der Waals surface area contributed by atoms with E-state index in [1.54, 1.807) is 24.3 Å². The maximum Gasteiger partial charge on any atom is 0.339 e. The van der Waals surface area contributed by atoms with Gasteiger partial charge in [-0.1, -0.05) is 18.2 Å². The van der Waals surface area contributed by atoms with Crippen molar-refractivity contribution in [2.45, 2.75) is 18.9 Å². The Balaban J connectivity index is 1.86. The van der Waals surface area contributed by atoms with Gasteiger partial charge in [-0.3, -0.25) is 4.79 Å². The number of esters is 1. The van der Waals surface area contributed by atoms with Crippen molar-refractivity contribution in [3.63, 3.8) is 0 Å². The fourth-order valence-electron chi connectivity index (χ4n) is 2.55. The molecule has 23 heavy (non-hydrogen) atoms. The van der Waals surface area contributed by atoms with Crippen LogP contribution in [-0.2, 0) is 16.0 Å². The van der Waals surface area contributed by atoms with Gasteiger partial charge in [0.15, 0.2) is 5.60 Å². The van der Waals surface area contributed by atoms with Crippen molar-refractivity contribution in [2.75, 3.05) is 5.32 Å². The van der Waals surface area contributed by atoms with E-state index in [1.165, 1.54) is 6.92 Å². The zero-order valence-electron chi connectivity index (χ0n) is 12.2. The minimum absolute atomic E-state index is 0.0383. The van der Waals surface area contributed by atoms with Crippen LogP contribution in [0.5, 0.6) is 0 Å². The van der Waals surface area contributed by atoms with Gasteiger partial charge < -0.3 is 10.1 Å². The van der Waals surface area contributed by atoms with E-state index in [2.05, 4.69) is 5.32 Å². The number of hydrogen-bond acceptors (Lipinski definition) is 3. The predicted octanol–water partition coefficient (Wildman–Crippen LogP) is 3.08. The van der Waals surface area contributed by atoms with E-state index in [-0.39, 0.29) is 12.1 Å². The van der Waals surface area contributed by atoms with Crippen molar-refractivity contribution in [1.82, 2.24) is 0 Å². The first-order valence-corrected chi connectivity index (χ1v) is 6.96. The first-order chi connectivity index (χ1) is 10.9. The lowest BCUT2D eigenvalue weighted by molar-refractivity contribution is -0.134. The van der Waals surface area contributed by atoms with Crippen LogP contribution in [0.4, 0.5) is 14.5 Å². The minimum atomic E-state index is -1.45. The molecule has 0 saturated carbocycles. The van der Waals surface area contributed by atoms with Gasteiger partial charge in [-0.25, -0.2) is 13.6 Å². The molecular weight excluding hydrogens is 304 g/mol. The maximum atomic E-state index is 13.2. The van der Waals surface area contributed by atoms with E-state index < -0.39 is 29.1 Å². The average molecular weight is 317 g/mol. The van der Waals surface area contributed by atoms with Crippen LogP contribution < -0.4 is 5.32 Å². The summed E-state index contributed by atoms with van der Waals surface area (Å²) in [5.41, 5.74) is -0.390. The van der Waals surface area contributed by atoms with Gasteiger partial charge in [0.1, 0.15) is 11.6 Å². The largest absolute Gasteiger partial charge is 0.445 e. The number of halogens is 2. The molecule has 0 saturated heterocycles. The lowest BCUT2D eigenvalue weighted by Crippen LogP contribution is -2.48. The first-order valence-electron chi connectivity index (χ1n) is 6.96. The van der Waals surface area contributed by atoms with Crippen molar-refractivity contribution < 1.29 is 23.1 Å². The quantitative estimate of drug-likeness (QED) is 0.866. The molecule has 3 rings (SSSR count). The summed E-state index contributed by atoms with van der Waals surface area (Å²) in [7, 11) is 0. The standard InChI is InChI=1S/C17H13F2NO3/c1-17(9-10-4-2-3-5-14(10)15(21)23-17)16(22)20-13-7-11(18)6-12(19)8-13/h2-8H,9H2,1H3,(H,20,22). The summed E-state index contributed by atoms with van der Waals surface area (Å²) in [6.07, 6.45) is 0.179. The van der Waals surface area contributed by atoms with Gasteiger partial charge in [0.05, 0.1) is 5.56 Å². The number of benzene rings is 2. The van der Waals surface area contributed by atoms with Gasteiger partial charge in [0, 0.05) is 18.2 Å². The molecule has 1 atom stereocenters. The van der Waals surface area contributed by atoms with E-state index in [1.807, 2.05) is 0 Å². The lowest BCUT2D eigenvalue weighted by atomic mass is 9.89. The van der Waals surface area contributed by atoms with Gasteiger partial charge in [-0.05, 0) is 30.7 Å². The number of rotatable bonds is 2. The third kappa shape index (κ3) is 2.92. The van der Waals surface area contributed by atoms with E-state index in [9.17, 15) is 18.4 Å². The van der Waals surface area contributed by atoms with Crippen LogP contribution in [-0.4, -0.2) is 17.5 Å². The second-order valence-electron chi connectivity index (χ2n) is 5.57. The molecule has 2 aromatic rings. The Morgan fingerprint density at radius 1 is 1.17 bits per heavy atom. The fraction of sp³-hybridized carbons (Fsp3) is 0.176. The molecule has 4 nitrogen and oxygen atoms in total. The highest BCUT2D eigenvalue weighted by atomic mass is 19.1. The number of fused-ring (bicyclic) bond motifs is 1. The number of hydrogen-bond donors (Lipinski definition) is 1. The van der Waals surface area contributed by atoms with Crippen LogP contribution in [0, 0.1) is 11.6 Å². The van der Waals surface area contributed by atoms with Crippen molar-refractivity contribution >= 4 is 17.6 Å². The highest BCUT2D eigenvalue weighted by Crippen LogP contribution is 2.29. The van der Waals surface area contributed by atoms with Crippen LogP contribution in [0.15, 0.2) is 42.5 Å². The number of cyclic esters (lactones) is 1. The molecule has 1 heterocycles. The van der Waals surface area contributed by atoms with Crippen molar-refractivity contribution in [1.29, 1.82) is 0 Å². The Labute approximate surface area is 131 Å². The molecule has 1 amide bonds. The number of carbonyl (C=O) groups excluding carboxylic acids is 2. The predicted molar refractivity (Wildman–Crippen MR) is 79.0 cm³/mol. The molecule has 1 N–H and O–H groups in total. The van der Waals surface area contributed by atoms with Crippen LogP contribution >= 0.6 is 0 Å². The van der Waals surface area contributed by atoms with Crippen LogP contribution in [0.2, 0.25) is 0 Å². The summed E-state index contributed by atoms with van der Waals surface area (Å²) < 4.78 is 31.7. The Bertz CT molecular complexity index is 786. The topological polar surface area (TPSA) is 55.4 Å². The highest BCUT2D eigenvalue weighted by Gasteiger charge is 2.42. The van der Waals surface area contributed by atoms with Gasteiger partial charge in [0.2, 0.25) is 0 Å². The van der Waals surface area contributed by atoms with Gasteiger partial charge in [-0.15, -0.1) is 0 Å². The number of anilines is 1. The summed E-state index contributed by atoms with van der Waals surface area (Å²) in [4.78, 5) is 24.5. The molecule has 1 aliphatic heterocycles. The maximum absolute atomic E-state index is 13.2. The van der Waals surface area contributed by atoms with Crippen molar-refractivity contribution in [3.8, 4) is 0 Å². The fourth-order valence-corrected chi connectivity index (χ4v) is 2.55. The Morgan fingerprint density at radius 2 is 1.83 bits per heavy atom. The molecule has 1 aliphatic rings. The number of carbonyl (C=O) groups is 2. The number of amides is 1. The summed E-state index contributed by atoms with van der Waals surface area (Å²) >= 11 is 0. The van der Waals surface area contributed by atoms with Crippen LogP contribution in [0.25, 0.3) is 0 Å². The third-order valence-corrected chi connectivity index (χ3v) is 3.68. The molecule has 0 radical (unpaired) electrons. The molecule has 2 aromatic carbocycles. The molecule has 0 aliphatic carbocycles. The Morgan fingerprint density at radius 3 is 2.52 bits per heavy atom. The van der Waals surface area contributed by atoms with Gasteiger partial charge in [-0.2, -0.15) is 0 Å². The van der Waals surface area contributed by atoms with Crippen molar-refractivity contribution in [3.05, 3.63) is 65.2 Å². The summed E-state index contributed by atoms with van der Waals surface area (Å²) in [5, 5.41) is 2.39. The van der Waals surface area contributed by atoms with E-state index in [0.29, 0.717) is 17.2 Å². The molecule has 0 bridgehead atoms. The first kappa shape index (κ1) is 15.1. The van der Waals surface area contributed by atoms with Gasteiger partial charge in [0.25, 0.3) is 5.91 Å². The molecule has 0 aromatic heterocycles. The average Bonchev–Trinajstić information content (AvgIpc) is 2.46. The minimum Gasteiger partial charge on any atom is -0.445 e. The van der Waals surface area contributed by atoms with Crippen LogP contribution in [0.3, 0.4) is 0 Å². The van der Waals surface area contributed by atoms with Gasteiger partial charge >= 0.3 is 5.97 Å². The zero-order valence-corrected chi connectivity index (χ0v) is 12.2. The van der Waals surface area contributed by atoms with E-state index >= 15 is 0 Å². The third-order valence-electron chi connectivity index (χ3n) is 3.68. The summed E-state index contributed by atoms with van der Waals surface area (Å²) in [6.45, 7) is 1.46. The number of nitrogens with one attached hydrogen (secondary N) is 1. The molecule has 6 heteroatoms. The molecule has 1 unspecified atom stereocenters. The lowest BCUT2D eigenvalue weighted by Gasteiger charge is -2.33. The summed E-state index contributed by atoms with van der Waals surface area (Å²) in [5.74, 6) is -2.87. The second kappa shape index (κ2) is 5.46. The van der Waals surface area contributed by atoms with Crippen molar-refractivity contribution in [2.24, 2.45) is 0 Å². The molecule has 0 spiro atoms. The second-order valence-corrected chi connectivity index (χ2v) is 5.57. The molecule has 0 fully saturated rings. The van der Waals surface area contributed by atoms with E-state index in [0.717, 1.165) is 12.1 Å². The Kier molecular flexibility index (Phi) is 3.60. The molecule has 118 valence electrons. The van der Waals surface area contributed by atoms with E-state index in [4.69, 9.17) is 4.74 Å². The zero-order chi connectivity index (χ0) is 16.6. The summed E-state index contributed by atoms with van der Waals surface area (Å²) in [6, 6.07) is 9.51. The SMILES string of the molecule is CC1(C(=O)Nc2cc(F)cc(F)c2)Cc2ccccc2C(=O)O1. The monoisotopic (exact) mass is 317 g/mol. The smallest absolute Gasteiger partial charge is 0.339 e. The Hall–Kier alpha value is -2.76. The number of ether oxygens (including phenoxy) is 1. The normalized spacial score (nSPS) is 19.7. The highest BCUT2D eigenvalue weighted by molar-refractivity contribution is 6.02.